The molecular formula is C17H27IN4O2. The van der Waals surface area contributed by atoms with Crippen LogP contribution in [0.15, 0.2) is 29.3 Å². The van der Waals surface area contributed by atoms with Crippen molar-refractivity contribution >= 4 is 35.8 Å². The first-order valence-electron chi connectivity index (χ1n) is 8.10. The number of carbonyl (C=O) groups is 1. The van der Waals surface area contributed by atoms with Crippen molar-refractivity contribution in [1.82, 2.24) is 10.6 Å². The van der Waals surface area contributed by atoms with Crippen LogP contribution >= 0.6 is 24.0 Å². The number of guanidine groups is 1. The molecule has 0 bridgehead atoms. The third kappa shape index (κ3) is 7.04. The number of nitrogens with zero attached hydrogens (tertiary/aromatic N) is 1. The van der Waals surface area contributed by atoms with E-state index in [-0.39, 0.29) is 42.0 Å². The molecule has 1 aromatic rings. The van der Waals surface area contributed by atoms with E-state index in [1.807, 2.05) is 32.0 Å². The minimum absolute atomic E-state index is 0. The molecule has 1 atom stereocenters. The zero-order valence-corrected chi connectivity index (χ0v) is 16.6. The van der Waals surface area contributed by atoms with Crippen molar-refractivity contribution in [2.24, 2.45) is 10.7 Å². The number of amides is 1. The maximum Gasteiger partial charge on any atom is 0.251 e. The summed E-state index contributed by atoms with van der Waals surface area (Å²) < 4.78 is 5.51. The highest BCUT2D eigenvalue weighted by Crippen LogP contribution is 2.11. The molecule has 1 unspecified atom stereocenters. The van der Waals surface area contributed by atoms with E-state index in [0.29, 0.717) is 24.6 Å². The molecule has 1 aromatic carbocycles. The molecule has 134 valence electrons. The van der Waals surface area contributed by atoms with Crippen LogP contribution in [0.3, 0.4) is 0 Å². The third-order valence-corrected chi connectivity index (χ3v) is 3.57. The summed E-state index contributed by atoms with van der Waals surface area (Å²) in [6.07, 6.45) is 2.23. The average molecular weight is 446 g/mol. The summed E-state index contributed by atoms with van der Waals surface area (Å²) in [5, 5.41) is 5.96. The number of nitrogens with two attached hydrogens (primary N) is 1. The Morgan fingerprint density at radius 3 is 2.92 bits per heavy atom. The Kier molecular flexibility index (Phi) is 9.05. The highest BCUT2D eigenvalue weighted by molar-refractivity contribution is 14.0. The summed E-state index contributed by atoms with van der Waals surface area (Å²) in [5.74, 6) is 0.327. The summed E-state index contributed by atoms with van der Waals surface area (Å²) >= 11 is 0. The number of hydrogen-bond donors (Lipinski definition) is 3. The van der Waals surface area contributed by atoms with Gasteiger partial charge in [0.05, 0.1) is 12.6 Å². The summed E-state index contributed by atoms with van der Waals surface area (Å²) in [4.78, 5) is 16.5. The molecule has 1 heterocycles. The number of carbonyl (C=O) groups excluding carboxylic acids is 1. The molecule has 24 heavy (non-hydrogen) atoms. The molecule has 6 nitrogen and oxygen atoms in total. The number of aliphatic imine (C=N–C) groups is 1. The monoisotopic (exact) mass is 446 g/mol. The van der Waals surface area contributed by atoms with E-state index in [0.717, 1.165) is 25.0 Å². The zero-order chi connectivity index (χ0) is 16.7. The Morgan fingerprint density at radius 2 is 2.25 bits per heavy atom. The third-order valence-electron chi connectivity index (χ3n) is 3.57. The van der Waals surface area contributed by atoms with Crippen LogP contribution in [-0.2, 0) is 11.3 Å². The predicted molar refractivity (Wildman–Crippen MR) is 107 cm³/mol. The fourth-order valence-electron chi connectivity index (χ4n) is 2.44. The molecule has 2 rings (SSSR count). The Labute approximate surface area is 160 Å². The van der Waals surface area contributed by atoms with Gasteiger partial charge in [0.25, 0.3) is 5.91 Å². The van der Waals surface area contributed by atoms with Crippen LogP contribution in [0.25, 0.3) is 0 Å². The second kappa shape index (κ2) is 10.5. The van der Waals surface area contributed by atoms with Gasteiger partial charge < -0.3 is 21.1 Å². The van der Waals surface area contributed by atoms with Crippen LogP contribution < -0.4 is 16.4 Å². The minimum Gasteiger partial charge on any atom is -0.376 e. The van der Waals surface area contributed by atoms with E-state index in [1.54, 1.807) is 6.07 Å². The van der Waals surface area contributed by atoms with E-state index in [9.17, 15) is 4.79 Å². The topological polar surface area (TPSA) is 88.7 Å². The lowest BCUT2D eigenvalue weighted by Gasteiger charge is -2.11. The molecule has 0 aromatic heterocycles. The molecule has 7 heteroatoms. The lowest BCUT2D eigenvalue weighted by Crippen LogP contribution is -2.36. The fraction of sp³-hybridized carbons (Fsp3) is 0.529. The van der Waals surface area contributed by atoms with Crippen molar-refractivity contribution in [3.05, 3.63) is 35.4 Å². The highest BCUT2D eigenvalue weighted by Gasteiger charge is 2.16. The molecular weight excluding hydrogens is 419 g/mol. The Balaban J connectivity index is 0.00000288. The highest BCUT2D eigenvalue weighted by atomic mass is 127. The fourth-order valence-corrected chi connectivity index (χ4v) is 2.44. The van der Waals surface area contributed by atoms with Gasteiger partial charge in [-0.3, -0.25) is 4.79 Å². The largest absolute Gasteiger partial charge is 0.376 e. The van der Waals surface area contributed by atoms with Gasteiger partial charge in [0.2, 0.25) is 0 Å². The van der Waals surface area contributed by atoms with Crippen molar-refractivity contribution in [1.29, 1.82) is 0 Å². The van der Waals surface area contributed by atoms with Gasteiger partial charge in [0.15, 0.2) is 5.96 Å². The van der Waals surface area contributed by atoms with Crippen molar-refractivity contribution in [2.45, 2.75) is 45.4 Å². The SMILES string of the molecule is CC(C)NC(N)=NCc1cccc(C(=O)NCC2CCCO2)c1.I. The van der Waals surface area contributed by atoms with Gasteiger partial charge >= 0.3 is 0 Å². The lowest BCUT2D eigenvalue weighted by atomic mass is 10.1. The quantitative estimate of drug-likeness (QED) is 0.355. The van der Waals surface area contributed by atoms with Crippen LogP contribution in [0.4, 0.5) is 0 Å². The maximum absolute atomic E-state index is 12.2. The molecule has 1 fully saturated rings. The van der Waals surface area contributed by atoms with E-state index < -0.39 is 0 Å². The Hall–Kier alpha value is -1.35. The van der Waals surface area contributed by atoms with E-state index >= 15 is 0 Å². The zero-order valence-electron chi connectivity index (χ0n) is 14.2. The summed E-state index contributed by atoms with van der Waals surface area (Å²) in [6.45, 7) is 5.80. The molecule has 1 amide bonds. The maximum atomic E-state index is 12.2. The molecule has 0 spiro atoms. The number of ether oxygens (including phenoxy) is 1. The van der Waals surface area contributed by atoms with Crippen LogP contribution in [0.2, 0.25) is 0 Å². The van der Waals surface area contributed by atoms with Gasteiger partial charge in [-0.2, -0.15) is 0 Å². The van der Waals surface area contributed by atoms with Crippen molar-refractivity contribution in [3.8, 4) is 0 Å². The smallest absolute Gasteiger partial charge is 0.251 e. The molecule has 0 aliphatic carbocycles. The van der Waals surface area contributed by atoms with Crippen molar-refractivity contribution in [3.63, 3.8) is 0 Å². The van der Waals surface area contributed by atoms with E-state index in [4.69, 9.17) is 10.5 Å². The normalized spacial score (nSPS) is 17.5. The number of hydrogen-bond acceptors (Lipinski definition) is 3. The van der Waals surface area contributed by atoms with Gasteiger partial charge in [-0.05, 0) is 44.4 Å². The van der Waals surface area contributed by atoms with Crippen LogP contribution in [0.5, 0.6) is 0 Å². The predicted octanol–water partition coefficient (Wildman–Crippen LogP) is 2.03. The number of nitrogens with one attached hydrogen (secondary N) is 2. The van der Waals surface area contributed by atoms with E-state index in [2.05, 4.69) is 15.6 Å². The van der Waals surface area contributed by atoms with Crippen LogP contribution in [0, 0.1) is 0 Å². The molecule has 0 saturated carbocycles. The van der Waals surface area contributed by atoms with Gasteiger partial charge in [-0.1, -0.05) is 12.1 Å². The van der Waals surface area contributed by atoms with Crippen LogP contribution in [-0.4, -0.2) is 37.2 Å². The minimum atomic E-state index is -0.0837. The average Bonchev–Trinajstić information content (AvgIpc) is 3.03. The molecule has 4 N–H and O–H groups in total. The molecule has 1 aliphatic heterocycles. The second-order valence-electron chi connectivity index (χ2n) is 6.05. The number of benzene rings is 1. The van der Waals surface area contributed by atoms with Crippen LogP contribution in [0.1, 0.15) is 42.6 Å². The van der Waals surface area contributed by atoms with Gasteiger partial charge in [-0.25, -0.2) is 4.99 Å². The van der Waals surface area contributed by atoms with Gasteiger partial charge in [-0.15, -0.1) is 24.0 Å². The number of rotatable bonds is 6. The Bertz CT molecular complexity index is 557. The molecule has 1 saturated heterocycles. The Morgan fingerprint density at radius 1 is 1.46 bits per heavy atom. The summed E-state index contributed by atoms with van der Waals surface area (Å²) in [6, 6.07) is 7.68. The van der Waals surface area contributed by atoms with Crippen molar-refractivity contribution in [2.75, 3.05) is 13.2 Å². The second-order valence-corrected chi connectivity index (χ2v) is 6.05. The van der Waals surface area contributed by atoms with Gasteiger partial charge in [0, 0.05) is 24.8 Å². The number of halogens is 1. The summed E-state index contributed by atoms with van der Waals surface area (Å²) in [7, 11) is 0. The first-order chi connectivity index (χ1) is 11.0. The summed E-state index contributed by atoms with van der Waals surface area (Å²) in [5.41, 5.74) is 7.36. The van der Waals surface area contributed by atoms with Crippen molar-refractivity contribution < 1.29 is 9.53 Å². The lowest BCUT2D eigenvalue weighted by molar-refractivity contribution is 0.0857. The molecule has 0 radical (unpaired) electrons. The molecule has 1 aliphatic rings. The van der Waals surface area contributed by atoms with E-state index in [1.165, 1.54) is 0 Å². The first kappa shape index (κ1) is 20.7. The standard InChI is InChI=1S/C17H26N4O2.HI/c1-12(2)21-17(18)20-10-13-5-3-6-14(9-13)16(22)19-11-15-7-4-8-23-15;/h3,5-6,9,12,15H,4,7-8,10-11H2,1-2H3,(H,19,22)(H3,18,20,21);1H. The van der Waals surface area contributed by atoms with Gasteiger partial charge in [0.1, 0.15) is 0 Å². The first-order valence-corrected chi connectivity index (χ1v) is 8.10.